The number of nitrogens with one attached hydrogen (secondary N) is 1. The van der Waals surface area contributed by atoms with Gasteiger partial charge in [0.2, 0.25) is 0 Å². The summed E-state index contributed by atoms with van der Waals surface area (Å²) >= 11 is 5.52. The zero-order valence-electron chi connectivity index (χ0n) is 11.0. The Morgan fingerprint density at radius 2 is 2.05 bits per heavy atom. The first-order valence-electron chi connectivity index (χ1n) is 6.16. The van der Waals surface area contributed by atoms with E-state index >= 15 is 0 Å². The number of aliphatic hydroxyl groups excluding tert-OH is 1. The largest absolute Gasteiger partial charge is 0.440 e. The molecule has 0 aliphatic heterocycles. The van der Waals surface area contributed by atoms with Crippen molar-refractivity contribution < 1.29 is 27.5 Å². The van der Waals surface area contributed by atoms with Crippen molar-refractivity contribution in [2.24, 2.45) is 0 Å². The molecule has 1 atom stereocenters. The molecule has 0 spiro atoms. The third-order valence-corrected chi connectivity index (χ3v) is 3.05. The lowest BCUT2D eigenvalue weighted by molar-refractivity contribution is -0.137. The van der Waals surface area contributed by atoms with E-state index in [1.165, 1.54) is 24.3 Å². The van der Waals surface area contributed by atoms with E-state index in [0.717, 1.165) is 12.1 Å². The number of amides is 1. The summed E-state index contributed by atoms with van der Waals surface area (Å²) in [4.78, 5) is 11.7. The molecule has 2 N–H and O–H groups in total. The summed E-state index contributed by atoms with van der Waals surface area (Å²) in [6, 6.07) is 6.99. The van der Waals surface area contributed by atoms with Crippen LogP contribution in [0, 0.1) is 0 Å². The first kappa shape index (κ1) is 16.4. The standard InChI is InChI=1S/C14H11ClF3NO3/c15-12-5-4-11(22-12)13(21)19-7-10(20)8-2-1-3-9(6-8)14(16,17)18/h1-6,10,20H,7H2,(H,19,21)/t10-/m0/s1. The molecule has 0 aliphatic carbocycles. The molecule has 4 nitrogen and oxygen atoms in total. The Bertz CT molecular complexity index is 669. The van der Waals surface area contributed by atoms with Gasteiger partial charge in [-0.15, -0.1) is 0 Å². The molecule has 1 amide bonds. The predicted octanol–water partition coefficient (Wildman–Crippen LogP) is 3.42. The second-order valence-electron chi connectivity index (χ2n) is 4.45. The predicted molar refractivity (Wildman–Crippen MR) is 72.5 cm³/mol. The van der Waals surface area contributed by atoms with Crippen LogP contribution in [0.1, 0.15) is 27.8 Å². The van der Waals surface area contributed by atoms with Crippen LogP contribution >= 0.6 is 11.6 Å². The van der Waals surface area contributed by atoms with E-state index < -0.39 is 23.8 Å². The molecule has 0 fully saturated rings. The van der Waals surface area contributed by atoms with Crippen LogP contribution in [0.25, 0.3) is 0 Å². The molecular weight excluding hydrogens is 323 g/mol. The molecule has 8 heteroatoms. The maximum absolute atomic E-state index is 12.6. The third-order valence-electron chi connectivity index (χ3n) is 2.85. The molecule has 0 bridgehead atoms. The fraction of sp³-hybridized carbons (Fsp3) is 0.214. The molecule has 2 aromatic rings. The van der Waals surface area contributed by atoms with Crippen LogP contribution in [0.2, 0.25) is 5.22 Å². The number of carbonyl (C=O) groups excluding carboxylic acids is 1. The summed E-state index contributed by atoms with van der Waals surface area (Å²) in [5.74, 6) is -0.681. The summed E-state index contributed by atoms with van der Waals surface area (Å²) in [6.07, 6.45) is -5.78. The van der Waals surface area contributed by atoms with E-state index in [1.54, 1.807) is 0 Å². The van der Waals surface area contributed by atoms with Crippen LogP contribution in [0.4, 0.5) is 13.2 Å². The minimum Gasteiger partial charge on any atom is -0.440 e. The molecule has 0 saturated carbocycles. The molecule has 22 heavy (non-hydrogen) atoms. The summed E-state index contributed by atoms with van der Waals surface area (Å²) in [6.45, 7) is -0.265. The van der Waals surface area contributed by atoms with Gasteiger partial charge in [0.05, 0.1) is 11.7 Å². The van der Waals surface area contributed by atoms with E-state index in [0.29, 0.717) is 0 Å². The summed E-state index contributed by atoms with van der Waals surface area (Å²) in [5.41, 5.74) is -0.819. The number of furan rings is 1. The monoisotopic (exact) mass is 333 g/mol. The second-order valence-corrected chi connectivity index (χ2v) is 4.83. The number of alkyl halides is 3. The van der Waals surface area contributed by atoms with Gasteiger partial charge in [0.25, 0.3) is 5.91 Å². The van der Waals surface area contributed by atoms with E-state index in [-0.39, 0.29) is 23.1 Å². The molecule has 118 valence electrons. The molecule has 0 aliphatic rings. The van der Waals surface area contributed by atoms with Gasteiger partial charge in [-0.25, -0.2) is 0 Å². The Hall–Kier alpha value is -1.99. The van der Waals surface area contributed by atoms with Crippen LogP contribution in [-0.4, -0.2) is 17.6 Å². The normalized spacial score (nSPS) is 13.0. The van der Waals surface area contributed by atoms with Crippen molar-refractivity contribution in [2.75, 3.05) is 6.54 Å². The molecule has 1 heterocycles. The fourth-order valence-corrected chi connectivity index (χ4v) is 1.90. The highest BCUT2D eigenvalue weighted by Gasteiger charge is 2.30. The summed E-state index contributed by atoms with van der Waals surface area (Å²) in [7, 11) is 0. The van der Waals surface area contributed by atoms with Crippen molar-refractivity contribution >= 4 is 17.5 Å². The second kappa shape index (κ2) is 6.41. The number of rotatable bonds is 4. The van der Waals surface area contributed by atoms with Crippen LogP contribution in [0.15, 0.2) is 40.8 Å². The van der Waals surface area contributed by atoms with E-state index in [4.69, 9.17) is 16.0 Å². The topological polar surface area (TPSA) is 62.5 Å². The minimum absolute atomic E-state index is 0.0311. The highest BCUT2D eigenvalue weighted by molar-refractivity contribution is 6.29. The van der Waals surface area contributed by atoms with Gasteiger partial charge < -0.3 is 14.8 Å². The summed E-state index contributed by atoms with van der Waals surface area (Å²) < 4.78 is 42.6. The fourth-order valence-electron chi connectivity index (χ4n) is 1.75. The van der Waals surface area contributed by atoms with Crippen LogP contribution < -0.4 is 5.32 Å². The highest BCUT2D eigenvalue weighted by atomic mass is 35.5. The number of aliphatic hydroxyl groups is 1. The quantitative estimate of drug-likeness (QED) is 0.901. The van der Waals surface area contributed by atoms with E-state index in [2.05, 4.69) is 5.32 Å². The molecule has 0 saturated heterocycles. The van der Waals surface area contributed by atoms with Gasteiger partial charge >= 0.3 is 6.18 Å². The van der Waals surface area contributed by atoms with Crippen molar-refractivity contribution in [3.8, 4) is 0 Å². The lowest BCUT2D eigenvalue weighted by Gasteiger charge is -2.14. The lowest BCUT2D eigenvalue weighted by Crippen LogP contribution is -2.28. The van der Waals surface area contributed by atoms with Gasteiger partial charge in [0.15, 0.2) is 11.0 Å². The molecule has 1 aromatic heterocycles. The average molecular weight is 334 g/mol. The Kier molecular flexibility index (Phi) is 4.77. The maximum Gasteiger partial charge on any atom is 0.416 e. The van der Waals surface area contributed by atoms with Gasteiger partial charge in [-0.05, 0) is 41.4 Å². The van der Waals surface area contributed by atoms with Crippen molar-refractivity contribution in [2.45, 2.75) is 12.3 Å². The van der Waals surface area contributed by atoms with Crippen molar-refractivity contribution in [1.29, 1.82) is 0 Å². The Morgan fingerprint density at radius 3 is 2.64 bits per heavy atom. The SMILES string of the molecule is O=C(NC[C@H](O)c1cccc(C(F)(F)F)c1)c1ccc(Cl)o1. The minimum atomic E-state index is -4.50. The van der Waals surface area contributed by atoms with Gasteiger partial charge in [-0.2, -0.15) is 13.2 Å². The first-order chi connectivity index (χ1) is 10.3. The Morgan fingerprint density at radius 1 is 1.32 bits per heavy atom. The summed E-state index contributed by atoms with van der Waals surface area (Å²) in [5, 5.41) is 12.3. The average Bonchev–Trinajstić information content (AvgIpc) is 2.90. The molecular formula is C14H11ClF3NO3. The van der Waals surface area contributed by atoms with Crippen molar-refractivity contribution in [1.82, 2.24) is 5.32 Å². The van der Waals surface area contributed by atoms with Crippen LogP contribution in [0.5, 0.6) is 0 Å². The van der Waals surface area contributed by atoms with Crippen LogP contribution in [-0.2, 0) is 6.18 Å². The number of hydrogen-bond donors (Lipinski definition) is 2. The smallest absolute Gasteiger partial charge is 0.416 e. The highest BCUT2D eigenvalue weighted by Crippen LogP contribution is 2.30. The van der Waals surface area contributed by atoms with Crippen molar-refractivity contribution in [3.05, 3.63) is 58.5 Å². The zero-order valence-corrected chi connectivity index (χ0v) is 11.8. The maximum atomic E-state index is 12.6. The first-order valence-corrected chi connectivity index (χ1v) is 6.54. The number of hydrogen-bond acceptors (Lipinski definition) is 3. The Labute approximate surface area is 128 Å². The van der Waals surface area contributed by atoms with E-state index in [1.807, 2.05) is 0 Å². The van der Waals surface area contributed by atoms with Gasteiger partial charge in [0.1, 0.15) is 0 Å². The molecule has 2 rings (SSSR count). The van der Waals surface area contributed by atoms with Gasteiger partial charge in [0, 0.05) is 6.54 Å². The van der Waals surface area contributed by atoms with Crippen molar-refractivity contribution in [3.63, 3.8) is 0 Å². The number of benzene rings is 1. The van der Waals surface area contributed by atoms with Gasteiger partial charge in [-0.1, -0.05) is 12.1 Å². The number of carbonyl (C=O) groups is 1. The molecule has 1 aromatic carbocycles. The lowest BCUT2D eigenvalue weighted by atomic mass is 10.1. The molecule has 0 unspecified atom stereocenters. The van der Waals surface area contributed by atoms with E-state index in [9.17, 15) is 23.1 Å². The van der Waals surface area contributed by atoms with Crippen LogP contribution in [0.3, 0.4) is 0 Å². The Balaban J connectivity index is 2.00. The number of halogens is 4. The zero-order chi connectivity index (χ0) is 16.3. The van der Waals surface area contributed by atoms with Gasteiger partial charge in [-0.3, -0.25) is 4.79 Å². The molecule has 0 radical (unpaired) electrons. The third kappa shape index (κ3) is 4.02.